The van der Waals surface area contributed by atoms with E-state index in [9.17, 15) is 14.7 Å². The summed E-state index contributed by atoms with van der Waals surface area (Å²) in [5.41, 5.74) is 18.7. The molecule has 0 aliphatic heterocycles. The number of amides is 2. The van der Waals surface area contributed by atoms with Crippen LogP contribution in [0.1, 0.15) is 20.7 Å². The number of phenols is 1. The molecule has 7 N–H and O–H groups in total. The molecular weight excluding hydrogens is 344 g/mol. The van der Waals surface area contributed by atoms with Gasteiger partial charge in [0.1, 0.15) is 5.75 Å². The second-order valence-electron chi connectivity index (χ2n) is 5.82. The molecule has 7 nitrogen and oxygen atoms in total. The molecular formula is C20H18N4O3. The maximum absolute atomic E-state index is 13.4. The van der Waals surface area contributed by atoms with Crippen LogP contribution in [0.2, 0.25) is 0 Å². The van der Waals surface area contributed by atoms with Gasteiger partial charge >= 0.3 is 0 Å². The zero-order valence-electron chi connectivity index (χ0n) is 14.3. The van der Waals surface area contributed by atoms with Crippen molar-refractivity contribution in [1.82, 2.24) is 0 Å². The number of aromatic hydroxyl groups is 1. The fourth-order valence-corrected chi connectivity index (χ4v) is 2.83. The van der Waals surface area contributed by atoms with Crippen LogP contribution in [0.25, 0.3) is 0 Å². The molecule has 0 bridgehead atoms. The van der Waals surface area contributed by atoms with Crippen LogP contribution in [-0.4, -0.2) is 16.9 Å². The summed E-state index contributed by atoms with van der Waals surface area (Å²) in [7, 11) is 0. The first-order valence-electron chi connectivity index (χ1n) is 8.07. The largest absolute Gasteiger partial charge is 0.507 e. The SMILES string of the molecule is NC(=O)c1c(O)cccc1C(=O)N(c1ccccc1N)c1ccccc1N. The highest BCUT2D eigenvalue weighted by Crippen LogP contribution is 2.36. The van der Waals surface area contributed by atoms with Crippen molar-refractivity contribution >= 4 is 34.6 Å². The Kier molecular flexibility index (Phi) is 4.68. The number of nitrogens with two attached hydrogens (primary N) is 3. The average molecular weight is 362 g/mol. The minimum atomic E-state index is -0.918. The van der Waals surface area contributed by atoms with Crippen molar-refractivity contribution in [2.45, 2.75) is 0 Å². The molecule has 0 aromatic heterocycles. The Hall–Kier alpha value is -4.00. The molecule has 0 aliphatic rings. The standard InChI is InChI=1S/C20H18N4O3/c21-13-7-1-3-9-15(13)24(16-10-4-2-8-14(16)22)20(27)12-6-5-11-17(25)18(12)19(23)26/h1-11,25H,21-22H2,(H2,23,26). The number of nitrogen functional groups attached to an aromatic ring is 2. The molecule has 7 heteroatoms. The van der Waals surface area contributed by atoms with Crippen LogP contribution < -0.4 is 22.1 Å². The number of carbonyl (C=O) groups is 2. The van der Waals surface area contributed by atoms with Crippen molar-refractivity contribution in [3.05, 3.63) is 77.9 Å². The van der Waals surface area contributed by atoms with Gasteiger partial charge in [0.25, 0.3) is 11.8 Å². The summed E-state index contributed by atoms with van der Waals surface area (Å²) >= 11 is 0. The zero-order chi connectivity index (χ0) is 19.6. The lowest BCUT2D eigenvalue weighted by Crippen LogP contribution is -2.30. The number of rotatable bonds is 4. The second-order valence-corrected chi connectivity index (χ2v) is 5.82. The predicted molar refractivity (Wildman–Crippen MR) is 105 cm³/mol. The summed E-state index contributed by atoms with van der Waals surface area (Å²) in [6.07, 6.45) is 0. The number of hydrogen-bond donors (Lipinski definition) is 4. The first-order valence-corrected chi connectivity index (χ1v) is 8.07. The van der Waals surface area contributed by atoms with Crippen LogP contribution in [0.3, 0.4) is 0 Å². The van der Waals surface area contributed by atoms with E-state index in [0.717, 1.165) is 0 Å². The van der Waals surface area contributed by atoms with E-state index in [4.69, 9.17) is 17.2 Å². The molecule has 0 saturated heterocycles. The lowest BCUT2D eigenvalue weighted by Gasteiger charge is -2.26. The fraction of sp³-hybridized carbons (Fsp3) is 0. The quantitative estimate of drug-likeness (QED) is 0.529. The van der Waals surface area contributed by atoms with Crippen LogP contribution in [0.5, 0.6) is 5.75 Å². The van der Waals surface area contributed by atoms with Gasteiger partial charge in [0.2, 0.25) is 0 Å². The van der Waals surface area contributed by atoms with Crippen molar-refractivity contribution in [3.8, 4) is 5.75 Å². The summed E-state index contributed by atoms with van der Waals surface area (Å²) in [5.74, 6) is -1.90. The molecule has 2 amide bonds. The molecule has 0 aliphatic carbocycles. The van der Waals surface area contributed by atoms with Crippen LogP contribution >= 0.6 is 0 Å². The third kappa shape index (κ3) is 3.25. The number of anilines is 4. The highest BCUT2D eigenvalue weighted by atomic mass is 16.3. The number of hydrogen-bond acceptors (Lipinski definition) is 5. The topological polar surface area (TPSA) is 136 Å². The summed E-state index contributed by atoms with van der Waals surface area (Å²) < 4.78 is 0. The van der Waals surface area contributed by atoms with E-state index in [1.807, 2.05) is 0 Å². The van der Waals surface area contributed by atoms with E-state index in [1.54, 1.807) is 48.5 Å². The molecule has 0 heterocycles. The van der Waals surface area contributed by atoms with Crippen molar-refractivity contribution < 1.29 is 14.7 Å². The van der Waals surface area contributed by atoms with Crippen molar-refractivity contribution in [2.75, 3.05) is 16.4 Å². The van der Waals surface area contributed by atoms with Gasteiger partial charge in [-0.15, -0.1) is 0 Å². The van der Waals surface area contributed by atoms with Gasteiger partial charge in [0.05, 0.1) is 33.9 Å². The minimum absolute atomic E-state index is 0.0611. The Morgan fingerprint density at radius 2 is 1.30 bits per heavy atom. The van der Waals surface area contributed by atoms with E-state index < -0.39 is 11.8 Å². The first kappa shape index (κ1) is 17.8. The van der Waals surface area contributed by atoms with Crippen LogP contribution in [0, 0.1) is 0 Å². The average Bonchev–Trinajstić information content (AvgIpc) is 2.64. The maximum atomic E-state index is 13.4. The molecule has 3 rings (SSSR count). The molecule has 27 heavy (non-hydrogen) atoms. The molecule has 3 aromatic carbocycles. The molecule has 3 aromatic rings. The van der Waals surface area contributed by atoms with Crippen LogP contribution in [0.15, 0.2) is 66.7 Å². The Balaban J connectivity index is 2.26. The molecule has 136 valence electrons. The number of para-hydroxylation sites is 4. The van der Waals surface area contributed by atoms with Gasteiger partial charge in [-0.25, -0.2) is 0 Å². The van der Waals surface area contributed by atoms with Gasteiger partial charge in [-0.05, 0) is 36.4 Å². The van der Waals surface area contributed by atoms with Gasteiger partial charge in [0.15, 0.2) is 0 Å². The second kappa shape index (κ2) is 7.09. The van der Waals surface area contributed by atoms with E-state index >= 15 is 0 Å². The lowest BCUT2D eigenvalue weighted by atomic mass is 10.0. The smallest absolute Gasteiger partial charge is 0.263 e. The van der Waals surface area contributed by atoms with E-state index in [-0.39, 0.29) is 16.9 Å². The minimum Gasteiger partial charge on any atom is -0.507 e. The van der Waals surface area contributed by atoms with Crippen molar-refractivity contribution in [3.63, 3.8) is 0 Å². The van der Waals surface area contributed by atoms with Gasteiger partial charge in [-0.3, -0.25) is 14.5 Å². The third-order valence-corrected chi connectivity index (χ3v) is 4.08. The van der Waals surface area contributed by atoms with Gasteiger partial charge in [0, 0.05) is 0 Å². The molecule has 0 radical (unpaired) electrons. The fourth-order valence-electron chi connectivity index (χ4n) is 2.83. The van der Waals surface area contributed by atoms with Gasteiger partial charge < -0.3 is 22.3 Å². The summed E-state index contributed by atoms with van der Waals surface area (Å²) in [6, 6.07) is 17.7. The number of benzene rings is 3. The number of carbonyl (C=O) groups excluding carboxylic acids is 2. The monoisotopic (exact) mass is 362 g/mol. The number of nitrogens with zero attached hydrogens (tertiary/aromatic N) is 1. The first-order chi connectivity index (χ1) is 12.9. The molecule has 0 atom stereocenters. The lowest BCUT2D eigenvalue weighted by molar-refractivity contribution is 0.0964. The Morgan fingerprint density at radius 1 is 0.778 bits per heavy atom. The molecule has 0 fully saturated rings. The predicted octanol–water partition coefficient (Wildman–Crippen LogP) is 2.63. The Labute approximate surface area is 155 Å². The van der Waals surface area contributed by atoms with Gasteiger partial charge in [-0.1, -0.05) is 30.3 Å². The molecule has 0 unspecified atom stereocenters. The molecule has 0 spiro atoms. The zero-order valence-corrected chi connectivity index (χ0v) is 14.3. The Bertz CT molecular complexity index is 988. The van der Waals surface area contributed by atoms with E-state index in [1.165, 1.54) is 23.1 Å². The van der Waals surface area contributed by atoms with E-state index in [0.29, 0.717) is 22.7 Å². The van der Waals surface area contributed by atoms with Crippen LogP contribution in [0.4, 0.5) is 22.7 Å². The van der Waals surface area contributed by atoms with Crippen LogP contribution in [-0.2, 0) is 0 Å². The maximum Gasteiger partial charge on any atom is 0.263 e. The van der Waals surface area contributed by atoms with Gasteiger partial charge in [-0.2, -0.15) is 0 Å². The highest BCUT2D eigenvalue weighted by Gasteiger charge is 2.27. The summed E-state index contributed by atoms with van der Waals surface area (Å²) in [4.78, 5) is 26.5. The van der Waals surface area contributed by atoms with Crippen molar-refractivity contribution in [1.29, 1.82) is 0 Å². The normalized spacial score (nSPS) is 10.4. The highest BCUT2D eigenvalue weighted by molar-refractivity contribution is 6.18. The summed E-state index contributed by atoms with van der Waals surface area (Å²) in [6.45, 7) is 0. The number of primary amides is 1. The summed E-state index contributed by atoms with van der Waals surface area (Å²) in [5, 5.41) is 10.0. The Morgan fingerprint density at radius 3 is 1.78 bits per heavy atom. The molecule has 0 saturated carbocycles. The van der Waals surface area contributed by atoms with E-state index in [2.05, 4.69) is 0 Å². The van der Waals surface area contributed by atoms with Crippen molar-refractivity contribution in [2.24, 2.45) is 5.73 Å². The third-order valence-electron chi connectivity index (χ3n) is 4.08.